The molecule has 0 atom stereocenters. The summed E-state index contributed by atoms with van der Waals surface area (Å²) >= 11 is 0. The molecule has 17 heavy (non-hydrogen) atoms. The van der Waals surface area contributed by atoms with Gasteiger partial charge in [-0.25, -0.2) is 4.98 Å². The van der Waals surface area contributed by atoms with E-state index in [1.54, 1.807) is 0 Å². The van der Waals surface area contributed by atoms with Crippen LogP contribution in [-0.4, -0.2) is 9.97 Å². The lowest BCUT2D eigenvalue weighted by atomic mass is 9.83. The van der Waals surface area contributed by atoms with E-state index in [0.29, 0.717) is 5.92 Å². The van der Waals surface area contributed by atoms with Crippen LogP contribution in [0.15, 0.2) is 24.3 Å². The molecule has 3 heteroatoms. The lowest BCUT2D eigenvalue weighted by Crippen LogP contribution is -2.11. The molecule has 3 nitrogen and oxygen atoms in total. The first kappa shape index (κ1) is 12.1. The predicted octanol–water partition coefficient (Wildman–Crippen LogP) is 4.02. The number of nitrogens with one attached hydrogen (secondary N) is 1. The number of fused-ring (bicyclic) bond motifs is 1. The highest BCUT2D eigenvalue weighted by molar-refractivity contribution is 5.74. The summed E-state index contributed by atoms with van der Waals surface area (Å²) in [5.41, 5.74) is 2.28. The zero-order valence-corrected chi connectivity index (χ0v) is 10.4. The quantitative estimate of drug-likeness (QED) is 0.778. The van der Waals surface area contributed by atoms with Crippen LogP contribution in [-0.2, 0) is 0 Å². The van der Waals surface area contributed by atoms with Crippen LogP contribution >= 0.6 is 0 Å². The fraction of sp³-hybridized carbons (Fsp3) is 0.500. The standard InChI is InChI=1S/C14H18N2.H3N/c1-10-6-8-11(9-7-10)14-15-12-4-2-3-5-13(12)16-14;/h2-5,10-11H,6-9H2,1H3,(H,15,16);1H3. The Morgan fingerprint density at radius 1 is 1.12 bits per heavy atom. The topological polar surface area (TPSA) is 63.7 Å². The second-order valence-electron chi connectivity index (χ2n) is 5.10. The van der Waals surface area contributed by atoms with Crippen molar-refractivity contribution in [3.63, 3.8) is 0 Å². The number of aromatic amines is 1. The number of imidazole rings is 1. The summed E-state index contributed by atoms with van der Waals surface area (Å²) in [7, 11) is 0. The van der Waals surface area contributed by atoms with Gasteiger partial charge in [0.05, 0.1) is 11.0 Å². The highest BCUT2D eigenvalue weighted by Gasteiger charge is 2.21. The number of rotatable bonds is 1. The molecule has 4 N–H and O–H groups in total. The Balaban J connectivity index is 0.00000108. The SMILES string of the molecule is CC1CCC(c2nc3ccccc3[nH]2)CC1.N. The molecule has 0 saturated heterocycles. The Morgan fingerprint density at radius 2 is 1.82 bits per heavy atom. The van der Waals surface area contributed by atoms with E-state index < -0.39 is 0 Å². The van der Waals surface area contributed by atoms with Crippen molar-refractivity contribution in [2.24, 2.45) is 5.92 Å². The number of hydrogen-bond acceptors (Lipinski definition) is 2. The third-order valence-electron chi connectivity index (χ3n) is 3.81. The second kappa shape index (κ2) is 4.88. The molecular weight excluding hydrogens is 210 g/mol. The summed E-state index contributed by atoms with van der Waals surface area (Å²) < 4.78 is 0. The normalized spacial score (nSPS) is 24.5. The van der Waals surface area contributed by atoms with Gasteiger partial charge in [0.1, 0.15) is 5.82 Å². The molecule has 92 valence electrons. The van der Waals surface area contributed by atoms with E-state index in [-0.39, 0.29) is 6.15 Å². The monoisotopic (exact) mass is 231 g/mol. The minimum Gasteiger partial charge on any atom is -0.344 e. The number of nitrogens with zero attached hydrogens (tertiary/aromatic N) is 1. The van der Waals surface area contributed by atoms with Crippen LogP contribution in [0.2, 0.25) is 0 Å². The molecule has 1 saturated carbocycles. The predicted molar refractivity (Wildman–Crippen MR) is 71.5 cm³/mol. The van der Waals surface area contributed by atoms with Crippen molar-refractivity contribution < 1.29 is 0 Å². The van der Waals surface area contributed by atoms with Gasteiger partial charge in [-0.3, -0.25) is 0 Å². The summed E-state index contributed by atoms with van der Waals surface area (Å²) in [5, 5.41) is 0. The molecule has 0 bridgehead atoms. The van der Waals surface area contributed by atoms with E-state index in [9.17, 15) is 0 Å². The fourth-order valence-corrected chi connectivity index (χ4v) is 2.70. The average molecular weight is 231 g/mol. The van der Waals surface area contributed by atoms with E-state index in [4.69, 9.17) is 4.98 Å². The minimum atomic E-state index is 0. The Kier molecular flexibility index (Phi) is 3.48. The highest BCUT2D eigenvalue weighted by atomic mass is 14.9. The van der Waals surface area contributed by atoms with Gasteiger partial charge in [0, 0.05) is 5.92 Å². The lowest BCUT2D eigenvalue weighted by molar-refractivity contribution is 0.341. The van der Waals surface area contributed by atoms with Gasteiger partial charge in [0.2, 0.25) is 0 Å². The van der Waals surface area contributed by atoms with E-state index in [2.05, 4.69) is 36.2 Å². The van der Waals surface area contributed by atoms with E-state index in [1.165, 1.54) is 37.0 Å². The third kappa shape index (κ3) is 2.34. The molecule has 0 radical (unpaired) electrons. The Morgan fingerprint density at radius 3 is 2.53 bits per heavy atom. The maximum atomic E-state index is 4.71. The zero-order valence-electron chi connectivity index (χ0n) is 10.4. The summed E-state index contributed by atoms with van der Waals surface area (Å²) in [4.78, 5) is 8.17. The van der Waals surface area contributed by atoms with Crippen LogP contribution in [0.25, 0.3) is 11.0 Å². The van der Waals surface area contributed by atoms with Crippen LogP contribution in [0.4, 0.5) is 0 Å². The first-order chi connectivity index (χ1) is 7.83. The largest absolute Gasteiger partial charge is 0.344 e. The van der Waals surface area contributed by atoms with E-state index >= 15 is 0 Å². The summed E-state index contributed by atoms with van der Waals surface area (Å²) in [6, 6.07) is 8.31. The highest BCUT2D eigenvalue weighted by Crippen LogP contribution is 2.34. The van der Waals surface area contributed by atoms with Crippen molar-refractivity contribution in [2.45, 2.75) is 38.5 Å². The molecular formula is C14H21N3. The summed E-state index contributed by atoms with van der Waals surface area (Å²) in [6.07, 6.45) is 5.28. The maximum Gasteiger partial charge on any atom is 0.110 e. The third-order valence-corrected chi connectivity index (χ3v) is 3.81. The Hall–Kier alpha value is -1.35. The van der Waals surface area contributed by atoms with Crippen molar-refractivity contribution in [1.82, 2.24) is 16.1 Å². The Bertz CT molecular complexity index is 448. The fourth-order valence-electron chi connectivity index (χ4n) is 2.70. The van der Waals surface area contributed by atoms with Gasteiger partial charge in [0.25, 0.3) is 0 Å². The van der Waals surface area contributed by atoms with Gasteiger partial charge in [-0.1, -0.05) is 31.9 Å². The molecule has 2 aromatic rings. The van der Waals surface area contributed by atoms with Crippen molar-refractivity contribution in [3.05, 3.63) is 30.1 Å². The van der Waals surface area contributed by atoms with Crippen LogP contribution in [0, 0.1) is 5.92 Å². The molecule has 0 spiro atoms. The number of benzene rings is 1. The van der Waals surface area contributed by atoms with Crippen molar-refractivity contribution in [2.75, 3.05) is 0 Å². The lowest BCUT2D eigenvalue weighted by Gasteiger charge is -2.24. The smallest absolute Gasteiger partial charge is 0.110 e. The molecule has 1 fully saturated rings. The average Bonchev–Trinajstić information content (AvgIpc) is 2.73. The number of hydrogen-bond donors (Lipinski definition) is 2. The summed E-state index contributed by atoms with van der Waals surface area (Å²) in [6.45, 7) is 2.36. The van der Waals surface area contributed by atoms with Crippen molar-refractivity contribution in [3.8, 4) is 0 Å². The molecule has 3 rings (SSSR count). The molecule has 1 heterocycles. The molecule has 0 unspecified atom stereocenters. The van der Waals surface area contributed by atoms with Gasteiger partial charge < -0.3 is 11.1 Å². The molecule has 1 aliphatic carbocycles. The van der Waals surface area contributed by atoms with Crippen molar-refractivity contribution >= 4 is 11.0 Å². The van der Waals surface area contributed by atoms with Crippen LogP contribution in [0.1, 0.15) is 44.3 Å². The van der Waals surface area contributed by atoms with Gasteiger partial charge in [-0.15, -0.1) is 0 Å². The first-order valence-corrected chi connectivity index (χ1v) is 6.27. The van der Waals surface area contributed by atoms with Crippen LogP contribution in [0.5, 0.6) is 0 Å². The zero-order chi connectivity index (χ0) is 11.0. The second-order valence-corrected chi connectivity index (χ2v) is 5.10. The van der Waals surface area contributed by atoms with Crippen LogP contribution < -0.4 is 6.15 Å². The maximum absolute atomic E-state index is 4.71. The summed E-state index contributed by atoms with van der Waals surface area (Å²) in [5.74, 6) is 2.76. The number of para-hydroxylation sites is 2. The van der Waals surface area contributed by atoms with Crippen molar-refractivity contribution in [1.29, 1.82) is 0 Å². The Labute approximate surface area is 102 Å². The van der Waals surface area contributed by atoms with Gasteiger partial charge >= 0.3 is 0 Å². The molecule has 0 aliphatic heterocycles. The molecule has 0 amide bonds. The van der Waals surface area contributed by atoms with Gasteiger partial charge in [-0.2, -0.15) is 0 Å². The van der Waals surface area contributed by atoms with E-state index in [0.717, 1.165) is 11.4 Å². The number of H-pyrrole nitrogens is 1. The van der Waals surface area contributed by atoms with Crippen LogP contribution in [0.3, 0.4) is 0 Å². The van der Waals surface area contributed by atoms with E-state index in [1.807, 2.05) is 0 Å². The van der Waals surface area contributed by atoms with Gasteiger partial charge in [-0.05, 0) is 30.9 Å². The van der Waals surface area contributed by atoms with Gasteiger partial charge in [0.15, 0.2) is 0 Å². The molecule has 1 aliphatic rings. The first-order valence-electron chi connectivity index (χ1n) is 6.27. The molecule has 1 aromatic heterocycles. The number of aromatic nitrogens is 2. The minimum absolute atomic E-state index is 0. The molecule has 1 aromatic carbocycles.